The second-order valence-corrected chi connectivity index (χ2v) is 8.00. The van der Waals surface area contributed by atoms with Gasteiger partial charge in [0.25, 0.3) is 0 Å². The minimum absolute atomic E-state index is 0.0666. The number of allylic oxidation sites excluding steroid dienone is 3. The molecule has 1 heterocycles. The smallest absolute Gasteiger partial charge is 0.319 e. The number of aliphatic hydroxyl groups excluding tert-OH is 1. The molecule has 0 aromatic carbocycles. The van der Waals surface area contributed by atoms with Gasteiger partial charge in [-0.05, 0) is 64.9 Å². The van der Waals surface area contributed by atoms with Crippen molar-refractivity contribution in [3.63, 3.8) is 0 Å². The van der Waals surface area contributed by atoms with Crippen molar-refractivity contribution in [2.45, 2.75) is 77.4 Å². The van der Waals surface area contributed by atoms with E-state index in [0.717, 1.165) is 24.0 Å². The summed E-state index contributed by atoms with van der Waals surface area (Å²) >= 11 is 0. The molecular formula is C21H32O5. The van der Waals surface area contributed by atoms with Crippen molar-refractivity contribution in [3.05, 3.63) is 23.3 Å². The number of Topliss-reactive ketones (excluding diaryl/α,β-unsaturated/α-hetero) is 1. The Morgan fingerprint density at radius 1 is 1.42 bits per heavy atom. The van der Waals surface area contributed by atoms with Crippen LogP contribution in [0, 0.1) is 5.41 Å². The van der Waals surface area contributed by atoms with Gasteiger partial charge in [0, 0.05) is 6.42 Å². The highest BCUT2D eigenvalue weighted by molar-refractivity contribution is 6.04. The molecule has 1 aliphatic heterocycles. The summed E-state index contributed by atoms with van der Waals surface area (Å²) in [7, 11) is 1.33. The third-order valence-electron chi connectivity index (χ3n) is 5.79. The first-order valence-electron chi connectivity index (χ1n) is 9.49. The zero-order valence-corrected chi connectivity index (χ0v) is 16.5. The van der Waals surface area contributed by atoms with Crippen molar-refractivity contribution in [1.82, 2.24) is 0 Å². The van der Waals surface area contributed by atoms with E-state index in [4.69, 9.17) is 9.47 Å². The second kappa shape index (κ2) is 8.49. The molecule has 2 rings (SSSR count). The summed E-state index contributed by atoms with van der Waals surface area (Å²) in [4.78, 5) is 25.9. The van der Waals surface area contributed by atoms with Crippen LogP contribution in [-0.4, -0.2) is 42.3 Å². The van der Waals surface area contributed by atoms with Gasteiger partial charge in [0.2, 0.25) is 0 Å². The highest BCUT2D eigenvalue weighted by Crippen LogP contribution is 2.45. The van der Waals surface area contributed by atoms with Crippen LogP contribution in [0.5, 0.6) is 0 Å². The van der Waals surface area contributed by atoms with Crippen molar-refractivity contribution >= 4 is 11.8 Å². The maximum Gasteiger partial charge on any atom is 0.319 e. The molecule has 0 saturated carbocycles. The van der Waals surface area contributed by atoms with Crippen molar-refractivity contribution < 1.29 is 24.2 Å². The van der Waals surface area contributed by atoms with E-state index in [1.807, 2.05) is 32.9 Å². The number of ketones is 1. The number of ether oxygens (including phenoxy) is 2. The van der Waals surface area contributed by atoms with Gasteiger partial charge in [-0.25, -0.2) is 0 Å². The molecular weight excluding hydrogens is 332 g/mol. The fraction of sp³-hybridized carbons (Fsp3) is 0.714. The lowest BCUT2D eigenvalue weighted by molar-refractivity contribution is -0.158. The van der Waals surface area contributed by atoms with E-state index < -0.39 is 11.4 Å². The Labute approximate surface area is 156 Å². The van der Waals surface area contributed by atoms with Crippen molar-refractivity contribution in [3.8, 4) is 0 Å². The molecule has 0 amide bonds. The van der Waals surface area contributed by atoms with Crippen LogP contribution in [0.2, 0.25) is 0 Å². The van der Waals surface area contributed by atoms with Gasteiger partial charge in [-0.15, -0.1) is 0 Å². The van der Waals surface area contributed by atoms with Crippen LogP contribution in [-0.2, 0) is 19.1 Å². The number of carbonyl (C=O) groups is 2. The number of hydrogen-bond donors (Lipinski definition) is 1. The van der Waals surface area contributed by atoms with Crippen LogP contribution in [0.15, 0.2) is 23.3 Å². The van der Waals surface area contributed by atoms with Crippen molar-refractivity contribution in [2.24, 2.45) is 5.41 Å². The summed E-state index contributed by atoms with van der Waals surface area (Å²) in [5.41, 5.74) is 0.532. The molecule has 0 radical (unpaired) electrons. The van der Waals surface area contributed by atoms with Crippen molar-refractivity contribution in [2.75, 3.05) is 13.7 Å². The van der Waals surface area contributed by atoms with E-state index in [1.54, 1.807) is 0 Å². The summed E-state index contributed by atoms with van der Waals surface area (Å²) in [6.07, 6.45) is 7.85. The molecule has 5 nitrogen and oxygen atoms in total. The average molecular weight is 364 g/mol. The third-order valence-corrected chi connectivity index (χ3v) is 5.79. The zero-order valence-electron chi connectivity index (χ0n) is 16.5. The predicted octanol–water partition coefficient (Wildman–Crippen LogP) is 3.50. The monoisotopic (exact) mass is 364 g/mol. The predicted molar refractivity (Wildman–Crippen MR) is 99.7 cm³/mol. The molecule has 0 aromatic rings. The van der Waals surface area contributed by atoms with Crippen LogP contribution in [0.3, 0.4) is 0 Å². The molecule has 1 saturated heterocycles. The number of aliphatic hydroxyl groups is 1. The van der Waals surface area contributed by atoms with Crippen LogP contribution >= 0.6 is 0 Å². The normalized spacial score (nSPS) is 34.0. The molecule has 1 N–H and O–H groups in total. The van der Waals surface area contributed by atoms with E-state index in [-0.39, 0.29) is 30.5 Å². The zero-order chi connectivity index (χ0) is 19.4. The van der Waals surface area contributed by atoms with Gasteiger partial charge in [0.1, 0.15) is 5.41 Å². The summed E-state index contributed by atoms with van der Waals surface area (Å²) in [5.74, 6) is -0.562. The first-order chi connectivity index (χ1) is 12.3. The minimum atomic E-state index is -1.19. The Balaban J connectivity index is 2.35. The molecule has 3 atom stereocenters. The summed E-state index contributed by atoms with van der Waals surface area (Å²) in [6.45, 7) is 5.95. The van der Waals surface area contributed by atoms with Gasteiger partial charge in [-0.1, -0.05) is 17.7 Å². The second-order valence-electron chi connectivity index (χ2n) is 8.00. The van der Waals surface area contributed by atoms with Crippen LogP contribution in [0.1, 0.15) is 65.7 Å². The molecule has 0 spiro atoms. The molecule has 2 aliphatic rings. The maximum atomic E-state index is 13.2. The molecule has 26 heavy (non-hydrogen) atoms. The lowest BCUT2D eigenvalue weighted by Crippen LogP contribution is -2.40. The highest BCUT2D eigenvalue weighted by atomic mass is 16.6. The van der Waals surface area contributed by atoms with Gasteiger partial charge in [-0.3, -0.25) is 9.59 Å². The van der Waals surface area contributed by atoms with Gasteiger partial charge < -0.3 is 14.6 Å². The maximum absolute atomic E-state index is 13.2. The standard InChI is InChI=1S/C21H32O5/c1-15(2)6-5-11-21(19(24)25-4)13-9-16(14-22)7-8-18-20(3,26-18)12-10-17(21)23/h6,9,18,22H,5,7-8,10-14H2,1-4H3/b16-9-/t18-,20-,21+/m0/s1. The first kappa shape index (κ1) is 20.8. The molecule has 0 bridgehead atoms. The number of fused-ring (bicyclic) bond motifs is 1. The molecule has 5 heteroatoms. The Hall–Kier alpha value is -1.46. The SMILES string of the molecule is COC(=O)[C@]1(CCC=C(C)C)C/C=C(\CO)CC[C@@H]2O[C@@]2(C)CCC1=O. The van der Waals surface area contributed by atoms with Crippen molar-refractivity contribution in [1.29, 1.82) is 0 Å². The molecule has 1 aliphatic carbocycles. The highest BCUT2D eigenvalue weighted by Gasteiger charge is 2.53. The molecule has 146 valence electrons. The number of carbonyl (C=O) groups excluding carboxylic acids is 2. The lowest BCUT2D eigenvalue weighted by atomic mass is 9.73. The number of epoxide rings is 1. The van der Waals surface area contributed by atoms with Gasteiger partial charge in [-0.2, -0.15) is 0 Å². The van der Waals surface area contributed by atoms with Gasteiger partial charge >= 0.3 is 5.97 Å². The number of rotatable bonds is 5. The fourth-order valence-corrected chi connectivity index (χ4v) is 3.81. The lowest BCUT2D eigenvalue weighted by Gasteiger charge is -2.29. The summed E-state index contributed by atoms with van der Waals surface area (Å²) < 4.78 is 10.8. The fourth-order valence-electron chi connectivity index (χ4n) is 3.81. The van der Waals surface area contributed by atoms with Gasteiger partial charge in [0.05, 0.1) is 25.4 Å². The minimum Gasteiger partial charge on any atom is -0.468 e. The molecule has 0 unspecified atom stereocenters. The number of methoxy groups -OCH3 is 1. The van der Waals surface area contributed by atoms with Crippen LogP contribution in [0.4, 0.5) is 0 Å². The van der Waals surface area contributed by atoms with Gasteiger partial charge in [0.15, 0.2) is 5.78 Å². The Bertz CT molecular complexity index is 602. The van der Waals surface area contributed by atoms with Crippen LogP contribution < -0.4 is 0 Å². The van der Waals surface area contributed by atoms with E-state index in [0.29, 0.717) is 25.7 Å². The Morgan fingerprint density at radius 2 is 2.15 bits per heavy atom. The summed E-state index contributed by atoms with van der Waals surface area (Å²) in [6, 6.07) is 0. The molecule has 1 fully saturated rings. The third kappa shape index (κ3) is 4.63. The van der Waals surface area contributed by atoms with Crippen LogP contribution in [0.25, 0.3) is 0 Å². The largest absolute Gasteiger partial charge is 0.468 e. The first-order valence-corrected chi connectivity index (χ1v) is 9.49. The van der Waals surface area contributed by atoms with E-state index in [1.165, 1.54) is 7.11 Å². The Kier molecular flexibility index (Phi) is 6.80. The van der Waals surface area contributed by atoms with E-state index in [2.05, 4.69) is 0 Å². The molecule has 0 aromatic heterocycles. The number of esters is 1. The Morgan fingerprint density at radius 3 is 2.77 bits per heavy atom. The topological polar surface area (TPSA) is 76.1 Å². The summed E-state index contributed by atoms with van der Waals surface area (Å²) in [5, 5.41) is 9.67. The number of hydrogen-bond acceptors (Lipinski definition) is 5. The average Bonchev–Trinajstić information content (AvgIpc) is 3.27. The van der Waals surface area contributed by atoms with E-state index in [9.17, 15) is 14.7 Å². The van der Waals surface area contributed by atoms with E-state index >= 15 is 0 Å². The quantitative estimate of drug-likeness (QED) is 0.350.